The quantitative estimate of drug-likeness (QED) is 0.261. The third kappa shape index (κ3) is 7.41. The van der Waals surface area contributed by atoms with E-state index in [-0.39, 0.29) is 25.1 Å². The Balaban J connectivity index is 1.39. The number of hydrogen-bond acceptors (Lipinski definition) is 10. The lowest BCUT2D eigenvalue weighted by Crippen LogP contribution is -2.42. The number of nitrogens with one attached hydrogen (secondary N) is 4. The number of hydrogen-bond donors (Lipinski definition) is 5. The number of aliphatic hydroxyl groups is 1. The largest absolute Gasteiger partial charge is 0.389 e. The fourth-order valence-corrected chi connectivity index (χ4v) is 5.05. The van der Waals surface area contributed by atoms with E-state index in [1.807, 2.05) is 12.1 Å². The van der Waals surface area contributed by atoms with Gasteiger partial charge in [-0.15, -0.1) is 0 Å². The van der Waals surface area contributed by atoms with Gasteiger partial charge in [0.2, 0.25) is 5.91 Å². The summed E-state index contributed by atoms with van der Waals surface area (Å²) >= 11 is 3.50. The molecule has 0 saturated carbocycles. The first kappa shape index (κ1) is 29.1. The molecule has 3 heterocycles. The van der Waals surface area contributed by atoms with Gasteiger partial charge in [-0.05, 0) is 42.2 Å². The lowest BCUT2D eigenvalue weighted by Gasteiger charge is -2.32. The van der Waals surface area contributed by atoms with Crippen LogP contribution < -0.4 is 21.3 Å². The van der Waals surface area contributed by atoms with Crippen molar-refractivity contribution in [1.82, 2.24) is 20.9 Å². The lowest BCUT2D eigenvalue weighted by molar-refractivity contribution is -0.121. The molecule has 4 rings (SSSR count). The molecule has 1 aromatic heterocycles. The molecule has 2 aromatic rings. The van der Waals surface area contributed by atoms with E-state index >= 15 is 0 Å². The Kier molecular flexibility index (Phi) is 9.81. The van der Waals surface area contributed by atoms with Crippen LogP contribution in [0.25, 0.3) is 0 Å². The molecule has 2 aliphatic heterocycles. The normalized spacial score (nSPS) is 18.7. The molecule has 0 bridgehead atoms. The van der Waals surface area contributed by atoms with E-state index in [1.165, 1.54) is 12.4 Å². The summed E-state index contributed by atoms with van der Waals surface area (Å²) in [7, 11) is 0. The number of ether oxygens (including phenoxy) is 1. The van der Waals surface area contributed by atoms with Gasteiger partial charge < -0.3 is 35.9 Å². The first-order valence-corrected chi connectivity index (χ1v) is 13.6. The van der Waals surface area contributed by atoms with Gasteiger partial charge in [0, 0.05) is 36.8 Å². The maximum absolute atomic E-state index is 12.8. The molecule has 1 saturated heterocycles. The predicted octanol–water partition coefficient (Wildman–Crippen LogP) is 1.32. The van der Waals surface area contributed by atoms with Crippen molar-refractivity contribution in [1.29, 1.82) is 5.26 Å². The highest BCUT2D eigenvalue weighted by Gasteiger charge is 2.35. The third-order valence-corrected chi connectivity index (χ3v) is 7.20. The zero-order valence-electron chi connectivity index (χ0n) is 21.7. The number of β-amino-alcohol motifs (C(OH)–C–C–N with tert-alkyl or cyclic N) is 1. The topological polar surface area (TPSA) is 178 Å². The van der Waals surface area contributed by atoms with Gasteiger partial charge in [0.15, 0.2) is 5.96 Å². The summed E-state index contributed by atoms with van der Waals surface area (Å²) in [6, 6.07) is 8.90. The van der Waals surface area contributed by atoms with Gasteiger partial charge in [-0.25, -0.2) is 0 Å². The summed E-state index contributed by atoms with van der Waals surface area (Å²) in [4.78, 5) is 45.2. The number of carbonyl (C=O) groups excluding carboxylic acids is 3. The Morgan fingerprint density at radius 2 is 2.08 bits per heavy atom. The van der Waals surface area contributed by atoms with Crippen LogP contribution in [0.2, 0.25) is 0 Å². The maximum atomic E-state index is 12.8. The van der Waals surface area contributed by atoms with Crippen LogP contribution in [-0.2, 0) is 19.7 Å². The number of anilines is 1. The van der Waals surface area contributed by atoms with Crippen LogP contribution >= 0.6 is 15.9 Å². The molecule has 5 N–H and O–H groups in total. The Morgan fingerprint density at radius 1 is 1.27 bits per heavy atom. The molecule has 1 aromatic carbocycles. The molecule has 1 unspecified atom stereocenters. The fourth-order valence-electron chi connectivity index (χ4n) is 4.54. The van der Waals surface area contributed by atoms with Crippen molar-refractivity contribution in [2.75, 3.05) is 38.2 Å². The molecule has 40 heavy (non-hydrogen) atoms. The Bertz CT molecular complexity index is 1320. The van der Waals surface area contributed by atoms with E-state index in [0.717, 1.165) is 16.3 Å². The Hall–Kier alpha value is -3.86. The third-order valence-electron chi connectivity index (χ3n) is 6.74. The smallest absolute Gasteiger partial charge is 0.253 e. The molecule has 2 atom stereocenters. The summed E-state index contributed by atoms with van der Waals surface area (Å²) in [5.74, 6) is -0.532. The summed E-state index contributed by atoms with van der Waals surface area (Å²) in [6.45, 7) is 1.26. The summed E-state index contributed by atoms with van der Waals surface area (Å²) in [5, 5.41) is 30.8. The second-order valence-electron chi connectivity index (χ2n) is 9.60. The summed E-state index contributed by atoms with van der Waals surface area (Å²) in [6.07, 6.45) is 4.18. The maximum Gasteiger partial charge on any atom is 0.253 e. The van der Waals surface area contributed by atoms with Crippen LogP contribution in [0.5, 0.6) is 0 Å². The van der Waals surface area contributed by atoms with E-state index in [2.05, 4.69) is 53.2 Å². The second-order valence-corrected chi connectivity index (χ2v) is 10.5. The molecule has 1 fully saturated rings. The molecule has 2 aliphatic rings. The number of nitrogens with zero attached hydrogens (tertiary/aromatic N) is 3. The van der Waals surface area contributed by atoms with Crippen LogP contribution in [0.4, 0.5) is 5.69 Å². The summed E-state index contributed by atoms with van der Waals surface area (Å²) in [5.41, 5.74) is 1.50. The molecular formula is C27H30BrN7O5. The average Bonchev–Trinajstić information content (AvgIpc) is 2.97. The van der Waals surface area contributed by atoms with Gasteiger partial charge in [0.1, 0.15) is 6.29 Å². The van der Waals surface area contributed by atoms with E-state index in [9.17, 15) is 24.8 Å². The highest BCUT2D eigenvalue weighted by molar-refractivity contribution is 9.10. The zero-order chi connectivity index (χ0) is 28.5. The van der Waals surface area contributed by atoms with Gasteiger partial charge in [0.25, 0.3) is 5.91 Å². The number of pyridine rings is 1. The van der Waals surface area contributed by atoms with Gasteiger partial charge >= 0.3 is 0 Å². The molecule has 2 amide bonds. The minimum Gasteiger partial charge on any atom is -0.389 e. The molecular weight excluding hydrogens is 582 g/mol. The average molecular weight is 612 g/mol. The van der Waals surface area contributed by atoms with E-state index < -0.39 is 29.4 Å². The van der Waals surface area contributed by atoms with Crippen molar-refractivity contribution < 1.29 is 24.2 Å². The Morgan fingerprint density at radius 3 is 2.77 bits per heavy atom. The van der Waals surface area contributed by atoms with Gasteiger partial charge in [0.05, 0.1) is 54.2 Å². The first-order chi connectivity index (χ1) is 19.3. The van der Waals surface area contributed by atoms with E-state index in [4.69, 9.17) is 4.74 Å². The number of aromatic nitrogens is 1. The molecule has 0 aliphatic carbocycles. The number of aliphatic hydroxyl groups excluding tert-OH is 1. The number of rotatable bonds is 9. The van der Waals surface area contributed by atoms with E-state index in [0.29, 0.717) is 49.8 Å². The SMILES string of the molecule is N#CC1(c2cc(Br)cc([C@H](CC=O)NC(=O)CNC(=O)c3cncc(NC4=NCC(O)CN4)c3)c2)CCOCC1. The monoisotopic (exact) mass is 611 g/mol. The number of benzene rings is 1. The minimum atomic E-state index is -0.709. The second kappa shape index (κ2) is 13.5. The van der Waals surface area contributed by atoms with Crippen LogP contribution in [0.1, 0.15) is 46.8 Å². The first-order valence-electron chi connectivity index (χ1n) is 12.8. The van der Waals surface area contributed by atoms with Gasteiger partial charge in [-0.3, -0.25) is 19.6 Å². The standard InChI is InChI=1S/C27H30BrN7O5/c28-20-8-17(7-19(10-20)27(16-29)2-5-40-6-3-27)23(1-4-36)35-24(38)15-31-25(39)18-9-21(12-30-11-18)34-26-32-13-22(37)14-33-26/h4,7-12,22-23,37H,1-3,5-6,13-15H2,(H,31,39)(H,35,38)(H2,32,33,34)/t23-/m0/s1. The number of carbonyl (C=O) groups is 3. The predicted molar refractivity (Wildman–Crippen MR) is 150 cm³/mol. The number of aliphatic imine (C=N–C) groups is 1. The Labute approximate surface area is 239 Å². The number of guanidine groups is 1. The molecule has 0 radical (unpaired) electrons. The zero-order valence-corrected chi connectivity index (χ0v) is 23.2. The van der Waals surface area contributed by atoms with Crippen LogP contribution in [-0.4, -0.2) is 73.1 Å². The molecule has 12 nitrogen and oxygen atoms in total. The van der Waals surface area contributed by atoms with Crippen molar-refractivity contribution >= 4 is 45.7 Å². The summed E-state index contributed by atoms with van der Waals surface area (Å²) < 4.78 is 6.17. The van der Waals surface area contributed by atoms with E-state index in [1.54, 1.807) is 12.1 Å². The molecule has 13 heteroatoms. The van der Waals surface area contributed by atoms with Crippen LogP contribution in [0.15, 0.2) is 46.1 Å². The minimum absolute atomic E-state index is 0.0187. The fraction of sp³-hybridized carbons (Fsp3) is 0.407. The van der Waals surface area contributed by atoms with Crippen molar-refractivity contribution in [2.45, 2.75) is 36.8 Å². The highest BCUT2D eigenvalue weighted by atomic mass is 79.9. The van der Waals surface area contributed by atoms with Crippen molar-refractivity contribution in [3.05, 3.63) is 57.8 Å². The van der Waals surface area contributed by atoms with Crippen LogP contribution in [0, 0.1) is 11.3 Å². The van der Waals surface area contributed by atoms with Crippen molar-refractivity contribution in [2.24, 2.45) is 4.99 Å². The molecule has 210 valence electrons. The van der Waals surface area contributed by atoms with Crippen LogP contribution in [0.3, 0.4) is 0 Å². The highest BCUT2D eigenvalue weighted by Crippen LogP contribution is 2.37. The van der Waals surface area contributed by atoms with Crippen molar-refractivity contribution in [3.8, 4) is 6.07 Å². The lowest BCUT2D eigenvalue weighted by atomic mass is 9.75. The van der Waals surface area contributed by atoms with Crippen molar-refractivity contribution in [3.63, 3.8) is 0 Å². The number of amides is 2. The van der Waals surface area contributed by atoms with Gasteiger partial charge in [-0.1, -0.05) is 22.0 Å². The molecule has 0 spiro atoms. The van der Waals surface area contributed by atoms with Gasteiger partial charge in [-0.2, -0.15) is 5.26 Å². The number of halogens is 1. The number of aldehydes is 1. The number of nitriles is 1.